The molecule has 3 aromatic carbocycles. The van der Waals surface area contributed by atoms with E-state index in [1.807, 2.05) is 13.8 Å². The fourth-order valence-corrected chi connectivity index (χ4v) is 3.38. The number of fused-ring (bicyclic) bond motifs is 1. The van der Waals surface area contributed by atoms with Crippen molar-refractivity contribution in [3.63, 3.8) is 0 Å². The van der Waals surface area contributed by atoms with E-state index in [2.05, 4.69) is 95.3 Å². The number of hydrogen-bond acceptors (Lipinski definition) is 0. The number of allylic oxidation sites excluding steroid dienone is 1. The van der Waals surface area contributed by atoms with E-state index in [0.29, 0.717) is 5.92 Å². The van der Waals surface area contributed by atoms with Crippen LogP contribution in [-0.2, 0) is 0 Å². The zero-order chi connectivity index (χ0) is 19.3. The van der Waals surface area contributed by atoms with E-state index in [0.717, 1.165) is 0 Å². The first-order chi connectivity index (χ1) is 12.5. The summed E-state index contributed by atoms with van der Waals surface area (Å²) in [6, 6.07) is 17.7. The molecule has 0 aliphatic rings. The molecule has 0 aliphatic carbocycles. The van der Waals surface area contributed by atoms with Crippen LogP contribution in [0.3, 0.4) is 0 Å². The van der Waals surface area contributed by atoms with E-state index < -0.39 is 0 Å². The summed E-state index contributed by atoms with van der Waals surface area (Å²) >= 11 is 0. The van der Waals surface area contributed by atoms with Gasteiger partial charge in [-0.2, -0.15) is 0 Å². The van der Waals surface area contributed by atoms with E-state index in [9.17, 15) is 0 Å². The Morgan fingerprint density at radius 3 is 1.96 bits per heavy atom. The van der Waals surface area contributed by atoms with Gasteiger partial charge in [0.1, 0.15) is 0 Å². The van der Waals surface area contributed by atoms with Gasteiger partial charge in [0.25, 0.3) is 0 Å². The minimum Gasteiger partial charge on any atom is -0.0813 e. The molecule has 0 saturated heterocycles. The molecule has 136 valence electrons. The zero-order valence-corrected chi connectivity index (χ0v) is 17.4. The summed E-state index contributed by atoms with van der Waals surface area (Å²) in [7, 11) is 0. The third-order valence-electron chi connectivity index (χ3n) is 4.71. The van der Waals surface area contributed by atoms with Gasteiger partial charge in [0.05, 0.1) is 0 Å². The molecule has 0 amide bonds. The lowest BCUT2D eigenvalue weighted by Gasteiger charge is -2.18. The summed E-state index contributed by atoms with van der Waals surface area (Å²) in [4.78, 5) is 0. The third-order valence-corrected chi connectivity index (χ3v) is 4.71. The predicted molar refractivity (Wildman–Crippen MR) is 119 cm³/mol. The maximum atomic E-state index is 2.31. The van der Waals surface area contributed by atoms with Gasteiger partial charge >= 0.3 is 0 Å². The number of hydrogen-bond donors (Lipinski definition) is 0. The highest BCUT2D eigenvalue weighted by Gasteiger charge is 2.14. The van der Waals surface area contributed by atoms with Gasteiger partial charge in [-0.15, -0.1) is 0 Å². The van der Waals surface area contributed by atoms with Gasteiger partial charge in [0.15, 0.2) is 0 Å². The second-order valence-electron chi connectivity index (χ2n) is 7.07. The SMILES string of the molecule is CC.Cc1ccc(C)c(-c2c(C)ccc3ccccc23)c1/C=C\C(C)C. The summed E-state index contributed by atoms with van der Waals surface area (Å²) in [5.74, 6) is 0.548. The van der Waals surface area contributed by atoms with Crippen molar-refractivity contribution in [1.82, 2.24) is 0 Å². The highest BCUT2D eigenvalue weighted by atomic mass is 14.2. The molecular formula is C26H32. The Labute approximate surface area is 159 Å². The Bertz CT molecular complexity index is 911. The van der Waals surface area contributed by atoms with Crippen molar-refractivity contribution < 1.29 is 0 Å². The number of benzene rings is 3. The molecule has 0 radical (unpaired) electrons. The molecule has 0 aromatic heterocycles. The summed E-state index contributed by atoms with van der Waals surface area (Å²) in [6.07, 6.45) is 4.61. The maximum absolute atomic E-state index is 2.31. The van der Waals surface area contributed by atoms with Gasteiger partial charge in [0, 0.05) is 0 Å². The number of aryl methyl sites for hydroxylation is 3. The zero-order valence-electron chi connectivity index (χ0n) is 17.4. The molecule has 0 aliphatic heterocycles. The Morgan fingerprint density at radius 2 is 1.27 bits per heavy atom. The third kappa shape index (κ3) is 4.07. The lowest BCUT2D eigenvalue weighted by atomic mass is 9.86. The van der Waals surface area contributed by atoms with E-state index in [1.165, 1.54) is 44.2 Å². The van der Waals surface area contributed by atoms with Crippen molar-refractivity contribution in [2.75, 3.05) is 0 Å². The standard InChI is InChI=1S/C24H26.C2H6/c1-16(2)10-15-21-17(3)11-12-18(4)23(21)24-19(5)13-14-20-8-6-7-9-22(20)24;1-2/h6-16H,1-5H3;1-2H3/b15-10-;. The quantitative estimate of drug-likeness (QED) is 0.450. The maximum Gasteiger partial charge on any atom is -0.00673 e. The normalized spacial score (nSPS) is 11.1. The van der Waals surface area contributed by atoms with Crippen molar-refractivity contribution in [2.45, 2.75) is 48.5 Å². The smallest absolute Gasteiger partial charge is 0.00673 e. The second-order valence-corrected chi connectivity index (χ2v) is 7.07. The highest BCUT2D eigenvalue weighted by Crippen LogP contribution is 2.38. The van der Waals surface area contributed by atoms with Gasteiger partial charge in [-0.25, -0.2) is 0 Å². The van der Waals surface area contributed by atoms with Crippen LogP contribution in [0.25, 0.3) is 28.0 Å². The van der Waals surface area contributed by atoms with Crippen LogP contribution in [0.4, 0.5) is 0 Å². The predicted octanol–water partition coefficient (Wildman–Crippen LogP) is 8.13. The van der Waals surface area contributed by atoms with Crippen LogP contribution in [0.15, 0.2) is 54.6 Å². The fraction of sp³-hybridized carbons (Fsp3) is 0.308. The van der Waals surface area contributed by atoms with Gasteiger partial charge in [-0.1, -0.05) is 88.4 Å². The van der Waals surface area contributed by atoms with Crippen LogP contribution in [0.5, 0.6) is 0 Å². The molecule has 0 spiro atoms. The van der Waals surface area contributed by atoms with Gasteiger partial charge in [-0.05, 0) is 70.8 Å². The minimum atomic E-state index is 0.548. The van der Waals surface area contributed by atoms with Crippen molar-refractivity contribution in [1.29, 1.82) is 0 Å². The van der Waals surface area contributed by atoms with E-state index in [1.54, 1.807) is 0 Å². The highest BCUT2D eigenvalue weighted by molar-refractivity contribution is 6.01. The number of rotatable bonds is 3. The molecule has 3 rings (SSSR count). The van der Waals surface area contributed by atoms with Crippen LogP contribution in [0.2, 0.25) is 0 Å². The first-order valence-electron chi connectivity index (χ1n) is 9.76. The largest absolute Gasteiger partial charge is 0.0813 e. The molecule has 0 heterocycles. The Balaban J connectivity index is 0.00000117. The molecule has 0 nitrogen and oxygen atoms in total. The van der Waals surface area contributed by atoms with E-state index in [4.69, 9.17) is 0 Å². The summed E-state index contributed by atoms with van der Waals surface area (Å²) in [6.45, 7) is 15.1. The molecule has 0 fully saturated rings. The summed E-state index contributed by atoms with van der Waals surface area (Å²) in [5.41, 5.74) is 8.10. The summed E-state index contributed by atoms with van der Waals surface area (Å²) < 4.78 is 0. The fourth-order valence-electron chi connectivity index (χ4n) is 3.38. The summed E-state index contributed by atoms with van der Waals surface area (Å²) in [5, 5.41) is 2.64. The van der Waals surface area contributed by atoms with Crippen LogP contribution < -0.4 is 0 Å². The minimum absolute atomic E-state index is 0.548. The second kappa shape index (κ2) is 8.85. The van der Waals surface area contributed by atoms with Gasteiger partial charge in [0.2, 0.25) is 0 Å². The molecule has 0 N–H and O–H groups in total. The lowest BCUT2D eigenvalue weighted by Crippen LogP contribution is -1.95. The monoisotopic (exact) mass is 344 g/mol. The average Bonchev–Trinajstić information content (AvgIpc) is 2.64. The molecule has 0 heteroatoms. The molecule has 0 bridgehead atoms. The van der Waals surface area contributed by atoms with Crippen LogP contribution in [0.1, 0.15) is 49.9 Å². The molecule has 0 saturated carbocycles. The Kier molecular flexibility index (Phi) is 6.80. The molecular weight excluding hydrogens is 312 g/mol. The first kappa shape index (κ1) is 20.0. The molecule has 0 atom stereocenters. The Hall–Kier alpha value is -2.34. The van der Waals surface area contributed by atoms with Crippen LogP contribution in [-0.4, -0.2) is 0 Å². The first-order valence-corrected chi connectivity index (χ1v) is 9.76. The van der Waals surface area contributed by atoms with Crippen molar-refractivity contribution in [3.05, 3.63) is 76.9 Å². The van der Waals surface area contributed by atoms with E-state index >= 15 is 0 Å². The average molecular weight is 345 g/mol. The van der Waals surface area contributed by atoms with E-state index in [-0.39, 0.29) is 0 Å². The van der Waals surface area contributed by atoms with Crippen molar-refractivity contribution in [3.8, 4) is 11.1 Å². The molecule has 26 heavy (non-hydrogen) atoms. The van der Waals surface area contributed by atoms with Gasteiger partial charge < -0.3 is 0 Å². The van der Waals surface area contributed by atoms with Crippen LogP contribution in [0, 0.1) is 26.7 Å². The van der Waals surface area contributed by atoms with Crippen molar-refractivity contribution in [2.24, 2.45) is 5.92 Å². The van der Waals surface area contributed by atoms with Crippen LogP contribution >= 0.6 is 0 Å². The molecule has 3 aromatic rings. The topological polar surface area (TPSA) is 0 Å². The lowest BCUT2D eigenvalue weighted by molar-refractivity contribution is 0.836. The molecule has 0 unspecified atom stereocenters. The van der Waals surface area contributed by atoms with Crippen molar-refractivity contribution >= 4 is 16.8 Å². The Morgan fingerprint density at radius 1 is 0.692 bits per heavy atom. The van der Waals surface area contributed by atoms with Gasteiger partial charge in [-0.3, -0.25) is 0 Å².